The van der Waals surface area contributed by atoms with E-state index in [1.165, 1.54) is 44.1 Å². The molecular formula is C18H27NO. The molecule has 1 aliphatic carbocycles. The summed E-state index contributed by atoms with van der Waals surface area (Å²) >= 11 is 0. The van der Waals surface area contributed by atoms with Crippen LogP contribution in [0.1, 0.15) is 68.9 Å². The molecule has 2 N–H and O–H groups in total. The van der Waals surface area contributed by atoms with Crippen molar-refractivity contribution in [3.63, 3.8) is 0 Å². The molecule has 1 aliphatic heterocycles. The smallest absolute Gasteiger partial charge is 0.0883 e. The van der Waals surface area contributed by atoms with Crippen LogP contribution in [0, 0.1) is 0 Å². The molecule has 2 fully saturated rings. The third-order valence-corrected chi connectivity index (χ3v) is 5.14. The molecule has 1 saturated carbocycles. The lowest BCUT2D eigenvalue weighted by atomic mass is 9.78. The van der Waals surface area contributed by atoms with E-state index >= 15 is 0 Å². The van der Waals surface area contributed by atoms with Crippen LogP contribution in [0.25, 0.3) is 0 Å². The Kier molecular flexibility index (Phi) is 4.13. The van der Waals surface area contributed by atoms with Gasteiger partial charge in [0.05, 0.1) is 5.60 Å². The van der Waals surface area contributed by atoms with Gasteiger partial charge in [0.25, 0.3) is 0 Å². The SMILES string of the molecule is CC(O)(CC1CCCCN1)c1cccc(C2CCC2)c1. The van der Waals surface area contributed by atoms with Crippen LogP contribution >= 0.6 is 0 Å². The maximum Gasteiger partial charge on any atom is 0.0883 e. The summed E-state index contributed by atoms with van der Waals surface area (Å²) in [6, 6.07) is 9.14. The molecule has 2 unspecified atom stereocenters. The number of rotatable bonds is 4. The quantitative estimate of drug-likeness (QED) is 0.877. The van der Waals surface area contributed by atoms with Crippen LogP contribution in [0.5, 0.6) is 0 Å². The number of benzene rings is 1. The lowest BCUT2D eigenvalue weighted by molar-refractivity contribution is 0.0331. The molecule has 110 valence electrons. The van der Waals surface area contributed by atoms with E-state index in [1.807, 2.05) is 6.92 Å². The second-order valence-corrected chi connectivity index (χ2v) is 6.88. The molecule has 1 aromatic rings. The minimum absolute atomic E-state index is 0.464. The van der Waals surface area contributed by atoms with Gasteiger partial charge < -0.3 is 10.4 Å². The summed E-state index contributed by atoms with van der Waals surface area (Å²) in [4.78, 5) is 0. The fourth-order valence-corrected chi connectivity index (χ4v) is 3.57. The van der Waals surface area contributed by atoms with Gasteiger partial charge in [-0.2, -0.15) is 0 Å². The number of piperidine rings is 1. The normalized spacial score (nSPS) is 26.8. The van der Waals surface area contributed by atoms with Gasteiger partial charge in [-0.1, -0.05) is 37.1 Å². The van der Waals surface area contributed by atoms with Crippen molar-refractivity contribution in [2.24, 2.45) is 0 Å². The van der Waals surface area contributed by atoms with E-state index in [-0.39, 0.29) is 0 Å². The second-order valence-electron chi connectivity index (χ2n) is 6.88. The summed E-state index contributed by atoms with van der Waals surface area (Å²) in [7, 11) is 0. The van der Waals surface area contributed by atoms with Crippen LogP contribution < -0.4 is 5.32 Å². The first-order valence-electron chi connectivity index (χ1n) is 8.21. The Labute approximate surface area is 122 Å². The Hall–Kier alpha value is -0.860. The summed E-state index contributed by atoms with van der Waals surface area (Å²) in [6.45, 7) is 3.08. The molecule has 1 aromatic carbocycles. The highest BCUT2D eigenvalue weighted by Crippen LogP contribution is 2.38. The van der Waals surface area contributed by atoms with E-state index in [0.717, 1.165) is 24.4 Å². The fraction of sp³-hybridized carbons (Fsp3) is 0.667. The number of aliphatic hydroxyl groups is 1. The van der Waals surface area contributed by atoms with Gasteiger partial charge in [0.2, 0.25) is 0 Å². The molecule has 0 radical (unpaired) electrons. The highest BCUT2D eigenvalue weighted by atomic mass is 16.3. The molecule has 2 atom stereocenters. The third-order valence-electron chi connectivity index (χ3n) is 5.14. The highest BCUT2D eigenvalue weighted by molar-refractivity contribution is 5.31. The van der Waals surface area contributed by atoms with Crippen LogP contribution in [0.4, 0.5) is 0 Å². The number of hydrogen-bond donors (Lipinski definition) is 2. The Bertz CT molecular complexity index is 444. The zero-order valence-electron chi connectivity index (χ0n) is 12.6. The number of hydrogen-bond acceptors (Lipinski definition) is 2. The van der Waals surface area contributed by atoms with Crippen molar-refractivity contribution in [2.45, 2.75) is 69.4 Å². The summed E-state index contributed by atoms with van der Waals surface area (Å²) in [6.07, 6.45) is 8.56. The predicted octanol–water partition coefficient (Wildman–Crippen LogP) is 3.69. The molecule has 1 heterocycles. The summed E-state index contributed by atoms with van der Waals surface area (Å²) < 4.78 is 0. The third kappa shape index (κ3) is 3.07. The predicted molar refractivity (Wildman–Crippen MR) is 82.9 cm³/mol. The molecule has 0 bridgehead atoms. The average molecular weight is 273 g/mol. The second kappa shape index (κ2) is 5.87. The van der Waals surface area contributed by atoms with E-state index in [4.69, 9.17) is 0 Å². The van der Waals surface area contributed by atoms with E-state index in [1.54, 1.807) is 0 Å². The fourth-order valence-electron chi connectivity index (χ4n) is 3.57. The molecule has 20 heavy (non-hydrogen) atoms. The van der Waals surface area contributed by atoms with Crippen molar-refractivity contribution in [1.82, 2.24) is 5.32 Å². The van der Waals surface area contributed by atoms with Gasteiger partial charge in [-0.05, 0) is 62.6 Å². The van der Waals surface area contributed by atoms with Gasteiger partial charge >= 0.3 is 0 Å². The maximum absolute atomic E-state index is 10.9. The minimum Gasteiger partial charge on any atom is -0.385 e. The summed E-state index contributed by atoms with van der Waals surface area (Å²) in [5.74, 6) is 0.735. The first-order chi connectivity index (χ1) is 9.65. The van der Waals surface area contributed by atoms with Crippen LogP contribution in [0.3, 0.4) is 0 Å². The van der Waals surface area contributed by atoms with E-state index in [2.05, 4.69) is 29.6 Å². The largest absolute Gasteiger partial charge is 0.385 e. The standard InChI is InChI=1S/C18H27NO/c1-18(20,13-17-10-2-3-11-19-17)16-9-5-8-15(12-16)14-6-4-7-14/h5,8-9,12,14,17,19-20H,2-4,6-7,10-11,13H2,1H3. The molecule has 2 heteroatoms. The van der Waals surface area contributed by atoms with Crippen molar-refractivity contribution in [3.8, 4) is 0 Å². The van der Waals surface area contributed by atoms with Crippen molar-refractivity contribution >= 4 is 0 Å². The Morgan fingerprint density at radius 2 is 2.05 bits per heavy atom. The Morgan fingerprint density at radius 1 is 1.20 bits per heavy atom. The topological polar surface area (TPSA) is 32.3 Å². The minimum atomic E-state index is -0.714. The van der Waals surface area contributed by atoms with Crippen molar-refractivity contribution in [1.29, 1.82) is 0 Å². The summed E-state index contributed by atoms with van der Waals surface area (Å²) in [5, 5.41) is 14.4. The van der Waals surface area contributed by atoms with Crippen molar-refractivity contribution < 1.29 is 5.11 Å². The monoisotopic (exact) mass is 273 g/mol. The van der Waals surface area contributed by atoms with Gasteiger partial charge in [0.15, 0.2) is 0 Å². The molecule has 0 amide bonds. The zero-order valence-corrected chi connectivity index (χ0v) is 12.6. The van der Waals surface area contributed by atoms with E-state index in [9.17, 15) is 5.11 Å². The molecule has 3 rings (SSSR count). The summed E-state index contributed by atoms with van der Waals surface area (Å²) in [5.41, 5.74) is 1.80. The maximum atomic E-state index is 10.9. The van der Waals surface area contributed by atoms with Crippen LogP contribution in [0.15, 0.2) is 24.3 Å². The van der Waals surface area contributed by atoms with Gasteiger partial charge in [0.1, 0.15) is 0 Å². The molecule has 1 saturated heterocycles. The van der Waals surface area contributed by atoms with Crippen LogP contribution in [-0.4, -0.2) is 17.7 Å². The highest BCUT2D eigenvalue weighted by Gasteiger charge is 2.29. The average Bonchev–Trinajstić information content (AvgIpc) is 2.38. The van der Waals surface area contributed by atoms with Crippen molar-refractivity contribution in [3.05, 3.63) is 35.4 Å². The van der Waals surface area contributed by atoms with Gasteiger partial charge in [-0.15, -0.1) is 0 Å². The van der Waals surface area contributed by atoms with Gasteiger partial charge in [-0.25, -0.2) is 0 Å². The Morgan fingerprint density at radius 3 is 2.70 bits per heavy atom. The zero-order chi connectivity index (χ0) is 14.0. The molecule has 2 aliphatic rings. The lowest BCUT2D eigenvalue weighted by Crippen LogP contribution is -2.39. The van der Waals surface area contributed by atoms with E-state index < -0.39 is 5.60 Å². The Balaban J connectivity index is 1.71. The van der Waals surface area contributed by atoms with Gasteiger partial charge in [0, 0.05) is 6.04 Å². The lowest BCUT2D eigenvalue weighted by Gasteiger charge is -2.33. The van der Waals surface area contributed by atoms with Crippen LogP contribution in [-0.2, 0) is 5.60 Å². The number of nitrogens with one attached hydrogen (secondary N) is 1. The molecule has 2 nitrogen and oxygen atoms in total. The van der Waals surface area contributed by atoms with Crippen LogP contribution in [0.2, 0.25) is 0 Å². The first-order valence-corrected chi connectivity index (χ1v) is 8.21. The molecule has 0 aromatic heterocycles. The first kappa shape index (κ1) is 14.1. The van der Waals surface area contributed by atoms with Crippen molar-refractivity contribution in [2.75, 3.05) is 6.54 Å². The van der Waals surface area contributed by atoms with Gasteiger partial charge in [-0.3, -0.25) is 0 Å². The van der Waals surface area contributed by atoms with E-state index in [0.29, 0.717) is 6.04 Å². The molecule has 0 spiro atoms. The molecular weight excluding hydrogens is 246 g/mol.